The van der Waals surface area contributed by atoms with Gasteiger partial charge in [0.15, 0.2) is 5.58 Å². The van der Waals surface area contributed by atoms with Gasteiger partial charge in [-0.1, -0.05) is 54.6 Å². The number of hydrogen-bond acceptors (Lipinski definition) is 2. The van der Waals surface area contributed by atoms with Gasteiger partial charge in [-0.2, -0.15) is 0 Å². The SMILES string of the molecule is CCN(Cc1ccccc1)C(=O)c1cc2occc2n1Cc1ccccc1C. The van der Waals surface area contributed by atoms with Crippen molar-refractivity contribution >= 4 is 17.0 Å². The highest BCUT2D eigenvalue weighted by molar-refractivity contribution is 5.97. The molecule has 4 nitrogen and oxygen atoms in total. The molecular weight excluding hydrogens is 348 g/mol. The van der Waals surface area contributed by atoms with Gasteiger partial charge in [0.1, 0.15) is 5.69 Å². The number of carbonyl (C=O) groups excluding carboxylic acids is 1. The highest BCUT2D eigenvalue weighted by Gasteiger charge is 2.22. The van der Waals surface area contributed by atoms with E-state index in [0.717, 1.165) is 16.7 Å². The number of furan rings is 1. The summed E-state index contributed by atoms with van der Waals surface area (Å²) in [6.45, 7) is 5.98. The average Bonchev–Trinajstić information content (AvgIpc) is 3.30. The van der Waals surface area contributed by atoms with Crippen molar-refractivity contribution < 1.29 is 9.21 Å². The van der Waals surface area contributed by atoms with Crippen LogP contribution in [0.3, 0.4) is 0 Å². The highest BCUT2D eigenvalue weighted by Crippen LogP contribution is 2.25. The van der Waals surface area contributed by atoms with Crippen molar-refractivity contribution in [2.75, 3.05) is 6.54 Å². The first kappa shape index (κ1) is 18.1. The number of hydrogen-bond donors (Lipinski definition) is 0. The third-order valence-corrected chi connectivity index (χ3v) is 5.22. The Hall–Kier alpha value is -3.27. The summed E-state index contributed by atoms with van der Waals surface area (Å²) in [5.74, 6) is 0.0198. The smallest absolute Gasteiger partial charge is 0.270 e. The Morgan fingerprint density at radius 1 is 1.04 bits per heavy atom. The number of aryl methyl sites for hydroxylation is 1. The number of benzene rings is 2. The Bertz CT molecular complexity index is 1090. The maximum atomic E-state index is 13.4. The first-order valence-electron chi connectivity index (χ1n) is 9.62. The third-order valence-electron chi connectivity index (χ3n) is 5.22. The van der Waals surface area contributed by atoms with Crippen LogP contribution in [0.1, 0.15) is 34.1 Å². The minimum absolute atomic E-state index is 0.0198. The fraction of sp³-hybridized carbons (Fsp3) is 0.208. The lowest BCUT2D eigenvalue weighted by atomic mass is 10.1. The highest BCUT2D eigenvalue weighted by atomic mass is 16.3. The molecule has 0 aliphatic rings. The number of amides is 1. The van der Waals surface area contributed by atoms with Gasteiger partial charge in [-0.3, -0.25) is 4.79 Å². The standard InChI is InChI=1S/C24H24N2O2/c1-3-25(16-19-10-5-4-6-11-19)24(27)22-15-23-21(13-14-28-23)26(22)17-20-12-8-7-9-18(20)2/h4-15H,3,16-17H2,1-2H3. The first-order chi connectivity index (χ1) is 13.7. The maximum Gasteiger partial charge on any atom is 0.270 e. The van der Waals surface area contributed by atoms with E-state index in [4.69, 9.17) is 4.42 Å². The van der Waals surface area contributed by atoms with Gasteiger partial charge < -0.3 is 13.9 Å². The molecule has 2 heterocycles. The van der Waals surface area contributed by atoms with Crippen LogP contribution in [0.25, 0.3) is 11.1 Å². The number of carbonyl (C=O) groups is 1. The number of fused-ring (bicyclic) bond motifs is 1. The fourth-order valence-electron chi connectivity index (χ4n) is 3.58. The second-order valence-corrected chi connectivity index (χ2v) is 7.02. The van der Waals surface area contributed by atoms with Crippen LogP contribution < -0.4 is 0 Å². The molecule has 0 saturated heterocycles. The molecule has 0 aliphatic heterocycles. The van der Waals surface area contributed by atoms with E-state index in [9.17, 15) is 4.79 Å². The quantitative estimate of drug-likeness (QED) is 0.463. The molecule has 0 atom stereocenters. The van der Waals surface area contributed by atoms with Crippen LogP contribution in [0.5, 0.6) is 0 Å². The molecular formula is C24H24N2O2. The first-order valence-corrected chi connectivity index (χ1v) is 9.62. The van der Waals surface area contributed by atoms with Crippen LogP contribution in [0, 0.1) is 6.92 Å². The Kier molecular flexibility index (Phi) is 5.02. The predicted molar refractivity (Wildman–Crippen MR) is 111 cm³/mol. The van der Waals surface area contributed by atoms with E-state index in [1.165, 1.54) is 11.1 Å². The van der Waals surface area contributed by atoms with Gasteiger partial charge in [-0.25, -0.2) is 0 Å². The summed E-state index contributed by atoms with van der Waals surface area (Å²) in [6.07, 6.45) is 1.68. The molecule has 1 amide bonds. The molecule has 0 radical (unpaired) electrons. The van der Waals surface area contributed by atoms with Crippen LogP contribution in [0.2, 0.25) is 0 Å². The molecule has 0 unspecified atom stereocenters. The van der Waals surface area contributed by atoms with E-state index >= 15 is 0 Å². The van der Waals surface area contributed by atoms with E-state index in [1.54, 1.807) is 6.26 Å². The number of nitrogens with zero attached hydrogens (tertiary/aromatic N) is 2. The van der Waals surface area contributed by atoms with Crippen molar-refractivity contribution in [2.24, 2.45) is 0 Å². The number of aromatic nitrogens is 1. The lowest BCUT2D eigenvalue weighted by Crippen LogP contribution is -2.32. The monoisotopic (exact) mass is 372 g/mol. The van der Waals surface area contributed by atoms with Gasteiger partial charge in [-0.15, -0.1) is 0 Å². The second-order valence-electron chi connectivity index (χ2n) is 7.02. The maximum absolute atomic E-state index is 13.4. The minimum Gasteiger partial charge on any atom is -0.463 e. The van der Waals surface area contributed by atoms with Gasteiger partial charge >= 0.3 is 0 Å². The van der Waals surface area contributed by atoms with Gasteiger partial charge in [0.2, 0.25) is 0 Å². The molecule has 142 valence electrons. The van der Waals surface area contributed by atoms with Gasteiger partial charge in [-0.05, 0) is 30.5 Å². The van der Waals surface area contributed by atoms with E-state index in [1.807, 2.05) is 66.4 Å². The van der Waals surface area contributed by atoms with Gasteiger partial charge in [0.05, 0.1) is 11.8 Å². The Morgan fingerprint density at radius 2 is 1.79 bits per heavy atom. The molecule has 2 aromatic heterocycles. The molecule has 4 rings (SSSR count). The van der Waals surface area contributed by atoms with Crippen LogP contribution in [-0.2, 0) is 13.1 Å². The molecule has 2 aromatic carbocycles. The topological polar surface area (TPSA) is 38.4 Å². The average molecular weight is 372 g/mol. The minimum atomic E-state index is 0.0198. The lowest BCUT2D eigenvalue weighted by Gasteiger charge is -2.22. The number of rotatable bonds is 6. The molecule has 0 fully saturated rings. The van der Waals surface area contributed by atoms with Crippen molar-refractivity contribution in [2.45, 2.75) is 26.9 Å². The summed E-state index contributed by atoms with van der Waals surface area (Å²) < 4.78 is 7.66. The molecule has 28 heavy (non-hydrogen) atoms. The summed E-state index contributed by atoms with van der Waals surface area (Å²) in [7, 11) is 0. The normalized spacial score (nSPS) is 11.1. The second kappa shape index (κ2) is 7.77. The van der Waals surface area contributed by atoms with Crippen molar-refractivity contribution in [3.8, 4) is 0 Å². The van der Waals surface area contributed by atoms with Gasteiger partial charge in [0.25, 0.3) is 5.91 Å². The van der Waals surface area contributed by atoms with Crippen molar-refractivity contribution in [1.82, 2.24) is 9.47 Å². The summed E-state index contributed by atoms with van der Waals surface area (Å²) in [6, 6.07) is 22.2. The zero-order valence-electron chi connectivity index (χ0n) is 16.3. The van der Waals surface area contributed by atoms with E-state index < -0.39 is 0 Å². The fourth-order valence-corrected chi connectivity index (χ4v) is 3.58. The molecule has 4 aromatic rings. The van der Waals surface area contributed by atoms with Crippen LogP contribution >= 0.6 is 0 Å². The summed E-state index contributed by atoms with van der Waals surface area (Å²) in [5.41, 5.74) is 5.88. The van der Waals surface area contributed by atoms with Crippen molar-refractivity contribution in [3.05, 3.63) is 95.4 Å². The van der Waals surface area contributed by atoms with E-state index in [0.29, 0.717) is 25.3 Å². The molecule has 4 heteroatoms. The van der Waals surface area contributed by atoms with Crippen LogP contribution in [0.15, 0.2) is 77.4 Å². The van der Waals surface area contributed by atoms with E-state index in [-0.39, 0.29) is 5.91 Å². The summed E-state index contributed by atoms with van der Waals surface area (Å²) in [5, 5.41) is 0. The Balaban J connectivity index is 1.70. The van der Waals surface area contributed by atoms with Crippen LogP contribution in [0.4, 0.5) is 0 Å². The zero-order chi connectivity index (χ0) is 19.5. The molecule has 0 N–H and O–H groups in total. The Labute approximate surface area is 165 Å². The molecule has 0 saturated carbocycles. The zero-order valence-corrected chi connectivity index (χ0v) is 16.3. The molecule has 0 aliphatic carbocycles. The van der Waals surface area contributed by atoms with Gasteiger partial charge in [0, 0.05) is 31.8 Å². The summed E-state index contributed by atoms with van der Waals surface area (Å²) >= 11 is 0. The predicted octanol–water partition coefficient (Wildman–Crippen LogP) is 5.25. The summed E-state index contributed by atoms with van der Waals surface area (Å²) in [4.78, 5) is 15.3. The van der Waals surface area contributed by atoms with Crippen molar-refractivity contribution in [3.63, 3.8) is 0 Å². The van der Waals surface area contributed by atoms with Crippen molar-refractivity contribution in [1.29, 1.82) is 0 Å². The lowest BCUT2D eigenvalue weighted by molar-refractivity contribution is 0.0742. The van der Waals surface area contributed by atoms with E-state index in [2.05, 4.69) is 23.6 Å². The third kappa shape index (κ3) is 3.46. The molecule has 0 spiro atoms. The molecule has 0 bridgehead atoms. The van der Waals surface area contributed by atoms with Crippen LogP contribution in [-0.4, -0.2) is 21.9 Å². The largest absolute Gasteiger partial charge is 0.463 e. The Morgan fingerprint density at radius 3 is 2.54 bits per heavy atom.